The summed E-state index contributed by atoms with van der Waals surface area (Å²) in [4.78, 5) is 21.8. The van der Waals surface area contributed by atoms with Gasteiger partial charge >= 0.3 is 5.97 Å². The predicted octanol–water partition coefficient (Wildman–Crippen LogP) is 5.54. The fourth-order valence-corrected chi connectivity index (χ4v) is 2.95. The average molecular weight is 426 g/mol. The molecule has 0 aromatic heterocycles. The predicted molar refractivity (Wildman–Crippen MR) is 109 cm³/mol. The smallest absolute Gasteiger partial charge is 0.301 e. The van der Waals surface area contributed by atoms with Gasteiger partial charge in [0.2, 0.25) is 5.97 Å². The summed E-state index contributed by atoms with van der Waals surface area (Å²) >= 11 is 0. The van der Waals surface area contributed by atoms with Crippen molar-refractivity contribution in [3.63, 3.8) is 0 Å². The summed E-state index contributed by atoms with van der Waals surface area (Å²) in [6.45, 7) is 0. The Kier molecular flexibility index (Phi) is 7.72. The average Bonchev–Trinajstić information content (AvgIpc) is 3.42. The summed E-state index contributed by atoms with van der Waals surface area (Å²) in [6.07, 6.45) is 0. The Bertz CT molecular complexity index is 976. The van der Waals surface area contributed by atoms with Gasteiger partial charge in [-0.3, -0.25) is 15.2 Å². The summed E-state index contributed by atoms with van der Waals surface area (Å²) in [6, 6.07) is 29.2. The first-order chi connectivity index (χ1) is 13.6. The molecule has 0 bridgehead atoms. The molecule has 0 fully saturated rings. The van der Waals surface area contributed by atoms with Gasteiger partial charge in [0.05, 0.1) is 0 Å². The molecule has 4 aromatic carbocycles. The zero-order valence-corrected chi connectivity index (χ0v) is 16.4. The van der Waals surface area contributed by atoms with Crippen molar-refractivity contribution in [1.82, 2.24) is 0 Å². The Balaban J connectivity index is 0.000000200. The van der Waals surface area contributed by atoms with Crippen LogP contribution in [0, 0.1) is 0 Å². The summed E-state index contributed by atoms with van der Waals surface area (Å²) in [5.74, 6) is -1.77. The van der Waals surface area contributed by atoms with Gasteiger partial charge in [-0.05, 0) is 0 Å². The largest absolute Gasteiger partial charge is 0.641 e. The maximum absolute atomic E-state index is 10.9. The fraction of sp³-hybridized carbons (Fsp3) is 0. The fourth-order valence-electron chi connectivity index (χ4n) is 2.95. The van der Waals surface area contributed by atoms with Crippen LogP contribution in [0.1, 0.15) is 20.7 Å². The van der Waals surface area contributed by atoms with E-state index in [4.69, 9.17) is 10.2 Å². The van der Waals surface area contributed by atoms with Crippen molar-refractivity contribution in [2.24, 2.45) is 0 Å². The van der Waals surface area contributed by atoms with E-state index in [0.717, 1.165) is 22.3 Å². The molecule has 4 aromatic rings. The quantitative estimate of drug-likeness (QED) is 0.332. The first-order valence-electron chi connectivity index (χ1n) is 8.66. The van der Waals surface area contributed by atoms with Crippen LogP contribution in [0.5, 0.6) is 0 Å². The van der Waals surface area contributed by atoms with Crippen molar-refractivity contribution < 1.29 is 36.9 Å². The number of carboxylic acids is 2. The molecule has 4 nitrogen and oxygen atoms in total. The van der Waals surface area contributed by atoms with E-state index in [2.05, 4.69) is 0 Å². The van der Waals surface area contributed by atoms with Gasteiger partial charge in [-0.25, -0.2) is 0 Å². The van der Waals surface area contributed by atoms with Crippen molar-refractivity contribution >= 4 is 11.9 Å². The molecule has 0 heterocycles. The number of carbonyl (C=O) groups is 2. The number of benzene rings is 2. The maximum atomic E-state index is 10.9. The van der Waals surface area contributed by atoms with Gasteiger partial charge in [-0.2, -0.15) is 24.3 Å². The van der Waals surface area contributed by atoms with E-state index in [1.165, 1.54) is 0 Å². The summed E-state index contributed by atoms with van der Waals surface area (Å²) in [5.41, 5.74) is 4.12. The number of hydrogen-bond acceptors (Lipinski definition) is 2. The van der Waals surface area contributed by atoms with Crippen LogP contribution in [0.25, 0.3) is 22.3 Å². The SMILES string of the molecule is O=C(O)c1ccccc1-[c-]1[cH-][cH-][cH-][cH-]1.O=C(O)c1ccccc1-[c-]1cccc1.[Fe]. The molecule has 0 unspecified atom stereocenters. The van der Waals surface area contributed by atoms with Crippen molar-refractivity contribution in [1.29, 1.82) is 0 Å². The first kappa shape index (κ1) is 21.9. The first-order valence-corrected chi connectivity index (χ1v) is 8.66. The summed E-state index contributed by atoms with van der Waals surface area (Å²) in [5, 5.41) is 17.9. The van der Waals surface area contributed by atoms with Crippen LogP contribution in [0.2, 0.25) is 0 Å². The van der Waals surface area contributed by atoms with Gasteiger partial charge in [0.1, 0.15) is 0 Å². The Morgan fingerprint density at radius 3 is 1.66 bits per heavy atom. The number of aromatic carboxylic acids is 2. The number of hydrogen-bond donors (Lipinski definition) is 2. The van der Waals surface area contributed by atoms with E-state index < -0.39 is 11.9 Å². The van der Waals surface area contributed by atoms with E-state index in [1.54, 1.807) is 24.3 Å². The number of rotatable bonds is 4. The second-order valence-electron chi connectivity index (χ2n) is 6.05. The van der Waals surface area contributed by atoms with Crippen molar-refractivity contribution in [3.8, 4) is 22.3 Å². The van der Waals surface area contributed by atoms with Crippen molar-refractivity contribution in [2.45, 2.75) is 0 Å². The summed E-state index contributed by atoms with van der Waals surface area (Å²) < 4.78 is 0. The van der Waals surface area contributed by atoms with Crippen LogP contribution < -0.4 is 0 Å². The molecule has 2 N–H and O–H groups in total. The minimum absolute atomic E-state index is 0. The molecule has 0 saturated carbocycles. The van der Waals surface area contributed by atoms with E-state index in [-0.39, 0.29) is 17.1 Å². The van der Waals surface area contributed by atoms with Crippen molar-refractivity contribution in [3.05, 3.63) is 108 Å². The molecule has 0 atom stereocenters. The molecule has 4 rings (SSSR count). The van der Waals surface area contributed by atoms with Gasteiger partial charge in [0, 0.05) is 22.6 Å². The van der Waals surface area contributed by atoms with E-state index in [9.17, 15) is 9.59 Å². The Morgan fingerprint density at radius 1 is 0.690 bits per heavy atom. The van der Waals surface area contributed by atoms with E-state index >= 15 is 0 Å². The standard InChI is InChI=1S/2C12H9O2.Fe/c2*13-12(14)11-8-4-3-7-10(11)9-5-1-2-6-9;/h2*1-8H,(H,13,14);/q-5;-1;. The Morgan fingerprint density at radius 2 is 1.14 bits per heavy atom. The third kappa shape index (κ3) is 5.32. The van der Waals surface area contributed by atoms with Gasteiger partial charge in [0.15, 0.2) is 0 Å². The molecule has 0 aliphatic rings. The summed E-state index contributed by atoms with van der Waals surface area (Å²) in [7, 11) is 0. The Hall–Kier alpha value is -3.40. The Labute approximate surface area is 179 Å². The molecule has 29 heavy (non-hydrogen) atoms. The van der Waals surface area contributed by atoms with Gasteiger partial charge in [-0.1, -0.05) is 23.8 Å². The monoisotopic (exact) mass is 426 g/mol. The molecular weight excluding hydrogens is 408 g/mol. The van der Waals surface area contributed by atoms with Crippen LogP contribution in [0.15, 0.2) is 97.1 Å². The molecule has 152 valence electrons. The topological polar surface area (TPSA) is 74.6 Å². The van der Waals surface area contributed by atoms with Crippen LogP contribution in [-0.2, 0) is 17.1 Å². The van der Waals surface area contributed by atoms with Gasteiger partial charge < -0.3 is 51.7 Å². The third-order valence-corrected chi connectivity index (χ3v) is 4.26. The van der Waals surface area contributed by atoms with Crippen LogP contribution in [-0.4, -0.2) is 22.2 Å². The minimum atomic E-state index is -0.887. The number of carboxylic acid groups (broad SMARTS) is 2. The maximum Gasteiger partial charge on any atom is 0.301 e. The second kappa shape index (κ2) is 10.2. The van der Waals surface area contributed by atoms with Gasteiger partial charge in [0.25, 0.3) is 0 Å². The second-order valence-corrected chi connectivity index (χ2v) is 6.05. The molecule has 0 amide bonds. The van der Waals surface area contributed by atoms with Gasteiger partial charge in [-0.15, -0.1) is 29.8 Å². The molecule has 0 aliphatic carbocycles. The van der Waals surface area contributed by atoms with E-state index in [1.807, 2.05) is 72.8 Å². The molecular formula is C24H18FeO4-6. The van der Waals surface area contributed by atoms with Crippen molar-refractivity contribution in [2.75, 3.05) is 0 Å². The molecule has 0 spiro atoms. The van der Waals surface area contributed by atoms with Crippen LogP contribution in [0.3, 0.4) is 0 Å². The third-order valence-electron chi connectivity index (χ3n) is 4.26. The van der Waals surface area contributed by atoms with Crippen LogP contribution in [0.4, 0.5) is 0 Å². The molecule has 0 saturated heterocycles. The molecule has 0 aliphatic heterocycles. The normalized spacial score (nSPS) is 9.66. The molecule has 0 radical (unpaired) electrons. The zero-order valence-electron chi connectivity index (χ0n) is 15.3. The molecule has 5 heteroatoms. The minimum Gasteiger partial charge on any atom is -0.641 e. The van der Waals surface area contributed by atoms with Crippen LogP contribution >= 0.6 is 0 Å². The zero-order chi connectivity index (χ0) is 19.9. The van der Waals surface area contributed by atoms with E-state index in [0.29, 0.717) is 11.1 Å².